The lowest BCUT2D eigenvalue weighted by Crippen LogP contribution is -2.18. The fourth-order valence-electron chi connectivity index (χ4n) is 3.30. The Balaban J connectivity index is 1.42. The summed E-state index contributed by atoms with van der Waals surface area (Å²) in [6.45, 7) is 4.33. The molecule has 0 fully saturated rings. The second kappa shape index (κ2) is 7.79. The maximum absolute atomic E-state index is 12.5. The summed E-state index contributed by atoms with van der Waals surface area (Å²) in [6, 6.07) is 17.1. The molecule has 0 atom stereocenters. The summed E-state index contributed by atoms with van der Waals surface area (Å²) in [5.74, 6) is 0.0982. The number of fused-ring (bicyclic) bond motifs is 1. The minimum atomic E-state index is -0.403. The fraction of sp³-hybridized carbons (Fsp3) is 0.227. The van der Waals surface area contributed by atoms with Crippen molar-refractivity contribution in [1.29, 1.82) is 0 Å². The summed E-state index contributed by atoms with van der Waals surface area (Å²) in [5, 5.41) is 7.40. The highest BCUT2D eigenvalue weighted by Crippen LogP contribution is 2.18. The van der Waals surface area contributed by atoms with Crippen LogP contribution in [-0.2, 0) is 11.3 Å². The Labute approximate surface area is 167 Å². The van der Waals surface area contributed by atoms with Crippen molar-refractivity contribution < 1.29 is 9.21 Å². The van der Waals surface area contributed by atoms with Crippen LogP contribution >= 0.6 is 0 Å². The van der Waals surface area contributed by atoms with Crippen molar-refractivity contribution in [3.63, 3.8) is 0 Å². The Morgan fingerprint density at radius 2 is 1.86 bits per heavy atom. The van der Waals surface area contributed by atoms with E-state index >= 15 is 0 Å². The highest BCUT2D eigenvalue weighted by Gasteiger charge is 2.12. The van der Waals surface area contributed by atoms with Gasteiger partial charge in [0.25, 0.3) is 0 Å². The summed E-state index contributed by atoms with van der Waals surface area (Å²) in [7, 11) is 0. The lowest BCUT2D eigenvalue weighted by atomic mass is 10.2. The van der Waals surface area contributed by atoms with Crippen LogP contribution in [0.1, 0.15) is 24.1 Å². The number of carbonyl (C=O) groups is 1. The van der Waals surface area contributed by atoms with Crippen LogP contribution in [-0.4, -0.2) is 20.3 Å². The van der Waals surface area contributed by atoms with Gasteiger partial charge in [0.15, 0.2) is 5.58 Å². The topological polar surface area (TPSA) is 82.1 Å². The lowest BCUT2D eigenvalue weighted by molar-refractivity contribution is -0.116. The highest BCUT2D eigenvalue weighted by molar-refractivity contribution is 5.90. The van der Waals surface area contributed by atoms with Crippen molar-refractivity contribution in [3.05, 3.63) is 76.4 Å². The molecule has 0 radical (unpaired) electrons. The summed E-state index contributed by atoms with van der Waals surface area (Å²) in [5.41, 5.74) is 4.16. The number of benzene rings is 2. The first-order chi connectivity index (χ1) is 14.0. The van der Waals surface area contributed by atoms with Crippen LogP contribution in [0.2, 0.25) is 0 Å². The van der Waals surface area contributed by atoms with Crippen molar-refractivity contribution >= 4 is 22.8 Å². The van der Waals surface area contributed by atoms with Gasteiger partial charge in [-0.2, -0.15) is 5.10 Å². The van der Waals surface area contributed by atoms with Crippen molar-refractivity contribution in [2.24, 2.45) is 0 Å². The Hall–Kier alpha value is -3.61. The van der Waals surface area contributed by atoms with Gasteiger partial charge >= 0.3 is 5.76 Å². The standard InChI is InChI=1S/C22H22N4O3/c1-15-9-11-17(12-10-15)26-20(14-16(2)24-26)23-21(27)8-5-13-25-18-6-3-4-7-19(18)29-22(25)28/h3-4,6-7,9-12,14H,5,8,13H2,1-2H3,(H,23,27). The molecule has 2 aromatic carbocycles. The van der Waals surface area contributed by atoms with Gasteiger partial charge in [-0.15, -0.1) is 0 Å². The molecule has 29 heavy (non-hydrogen) atoms. The first-order valence-corrected chi connectivity index (χ1v) is 9.53. The third-order valence-electron chi connectivity index (χ3n) is 4.74. The molecule has 0 saturated heterocycles. The Bertz CT molecular complexity index is 1220. The number of nitrogens with zero attached hydrogens (tertiary/aromatic N) is 3. The molecule has 0 spiro atoms. The maximum atomic E-state index is 12.5. The van der Waals surface area contributed by atoms with Gasteiger partial charge in [-0.25, -0.2) is 9.48 Å². The van der Waals surface area contributed by atoms with E-state index in [0.717, 1.165) is 22.5 Å². The Morgan fingerprint density at radius 1 is 1.10 bits per heavy atom. The number of amides is 1. The number of oxazole rings is 1. The Morgan fingerprint density at radius 3 is 2.66 bits per heavy atom. The third-order valence-corrected chi connectivity index (χ3v) is 4.74. The smallest absolute Gasteiger partial charge is 0.408 e. The molecule has 2 heterocycles. The van der Waals surface area contributed by atoms with E-state index in [1.165, 1.54) is 0 Å². The number of anilines is 1. The molecule has 1 amide bonds. The van der Waals surface area contributed by atoms with Crippen LogP contribution < -0.4 is 11.1 Å². The number of hydrogen-bond acceptors (Lipinski definition) is 4. The van der Waals surface area contributed by atoms with E-state index in [2.05, 4.69) is 10.4 Å². The van der Waals surface area contributed by atoms with Crippen LogP contribution in [0.15, 0.2) is 63.8 Å². The summed E-state index contributed by atoms with van der Waals surface area (Å²) >= 11 is 0. The molecule has 4 aromatic rings. The van der Waals surface area contributed by atoms with Gasteiger partial charge in [0.2, 0.25) is 5.91 Å². The molecule has 0 aliphatic heterocycles. The van der Waals surface area contributed by atoms with Gasteiger partial charge in [0.1, 0.15) is 5.82 Å². The minimum absolute atomic E-state index is 0.126. The molecule has 1 N–H and O–H groups in total. The molecule has 2 aromatic heterocycles. The molecule has 148 valence electrons. The first-order valence-electron chi connectivity index (χ1n) is 9.53. The SMILES string of the molecule is Cc1ccc(-n2nc(C)cc2NC(=O)CCCn2c(=O)oc3ccccc32)cc1. The van der Waals surface area contributed by atoms with Gasteiger partial charge in [-0.05, 0) is 44.5 Å². The molecule has 0 aliphatic carbocycles. The van der Waals surface area contributed by atoms with E-state index in [9.17, 15) is 9.59 Å². The summed E-state index contributed by atoms with van der Waals surface area (Å²) in [6.07, 6.45) is 0.803. The van der Waals surface area contributed by atoms with Gasteiger partial charge in [0.05, 0.1) is 16.9 Å². The number of nitrogens with one attached hydrogen (secondary N) is 1. The van der Waals surface area contributed by atoms with Crippen molar-refractivity contribution in [2.75, 3.05) is 5.32 Å². The van der Waals surface area contributed by atoms with Crippen molar-refractivity contribution in [2.45, 2.75) is 33.2 Å². The zero-order chi connectivity index (χ0) is 20.4. The van der Waals surface area contributed by atoms with Crippen LogP contribution in [0.3, 0.4) is 0 Å². The maximum Gasteiger partial charge on any atom is 0.419 e. The van der Waals surface area contributed by atoms with E-state index in [1.54, 1.807) is 15.3 Å². The predicted octanol–water partition coefficient (Wildman–Crippen LogP) is 3.82. The molecular weight excluding hydrogens is 368 g/mol. The van der Waals surface area contributed by atoms with E-state index in [1.807, 2.05) is 62.4 Å². The number of para-hydroxylation sites is 2. The predicted molar refractivity (Wildman–Crippen MR) is 111 cm³/mol. The number of aryl methyl sites for hydroxylation is 3. The van der Waals surface area contributed by atoms with Gasteiger partial charge < -0.3 is 9.73 Å². The lowest BCUT2D eigenvalue weighted by Gasteiger charge is -2.09. The number of hydrogen-bond donors (Lipinski definition) is 1. The Kier molecular flexibility index (Phi) is 5.03. The van der Waals surface area contributed by atoms with Gasteiger partial charge in [0, 0.05) is 19.0 Å². The second-order valence-corrected chi connectivity index (χ2v) is 7.06. The number of rotatable bonds is 6. The average Bonchev–Trinajstić information content (AvgIpc) is 3.21. The van der Waals surface area contributed by atoms with Gasteiger partial charge in [-0.3, -0.25) is 9.36 Å². The molecule has 4 rings (SSSR count). The largest absolute Gasteiger partial charge is 0.419 e. The van der Waals surface area contributed by atoms with Gasteiger partial charge in [-0.1, -0.05) is 29.8 Å². The molecule has 7 nitrogen and oxygen atoms in total. The van der Waals surface area contributed by atoms with E-state index in [0.29, 0.717) is 24.4 Å². The molecule has 0 bridgehead atoms. The quantitative estimate of drug-likeness (QED) is 0.543. The van der Waals surface area contributed by atoms with E-state index in [-0.39, 0.29) is 12.3 Å². The van der Waals surface area contributed by atoms with Crippen LogP contribution in [0.4, 0.5) is 5.82 Å². The molecule has 0 aliphatic rings. The van der Waals surface area contributed by atoms with Crippen molar-refractivity contribution in [3.8, 4) is 5.69 Å². The summed E-state index contributed by atoms with van der Waals surface area (Å²) < 4.78 is 8.51. The monoisotopic (exact) mass is 390 g/mol. The molecule has 7 heteroatoms. The van der Waals surface area contributed by atoms with Crippen LogP contribution in [0.25, 0.3) is 16.8 Å². The van der Waals surface area contributed by atoms with Crippen LogP contribution in [0.5, 0.6) is 0 Å². The summed E-state index contributed by atoms with van der Waals surface area (Å²) in [4.78, 5) is 24.5. The molecule has 0 saturated carbocycles. The zero-order valence-electron chi connectivity index (χ0n) is 16.4. The normalized spacial score (nSPS) is 11.1. The number of carbonyl (C=O) groups excluding carboxylic acids is 1. The van der Waals surface area contributed by atoms with E-state index < -0.39 is 5.76 Å². The van der Waals surface area contributed by atoms with E-state index in [4.69, 9.17) is 4.42 Å². The third kappa shape index (κ3) is 3.99. The average molecular weight is 390 g/mol. The van der Waals surface area contributed by atoms with Crippen LogP contribution in [0, 0.1) is 13.8 Å². The fourth-order valence-corrected chi connectivity index (χ4v) is 3.30. The minimum Gasteiger partial charge on any atom is -0.408 e. The molecule has 0 unspecified atom stereocenters. The number of aromatic nitrogens is 3. The van der Waals surface area contributed by atoms with Crippen molar-refractivity contribution in [1.82, 2.24) is 14.3 Å². The molecular formula is C22H22N4O3. The highest BCUT2D eigenvalue weighted by atomic mass is 16.4. The second-order valence-electron chi connectivity index (χ2n) is 7.06. The zero-order valence-corrected chi connectivity index (χ0v) is 16.4. The first kappa shape index (κ1) is 18.7.